The van der Waals surface area contributed by atoms with Gasteiger partial charge in [-0.15, -0.1) is 0 Å². The van der Waals surface area contributed by atoms with Crippen molar-refractivity contribution in [3.63, 3.8) is 0 Å². The van der Waals surface area contributed by atoms with Gasteiger partial charge in [0.05, 0.1) is 13.2 Å². The average molecular weight is 294 g/mol. The SMILES string of the molecule is CCCc1ccc(CCC2OCC(F)(CCC)CO2)cc1. The lowest BCUT2D eigenvalue weighted by Crippen LogP contribution is -2.44. The van der Waals surface area contributed by atoms with Crippen molar-refractivity contribution in [2.24, 2.45) is 0 Å². The number of halogens is 1. The van der Waals surface area contributed by atoms with Crippen molar-refractivity contribution in [3.8, 4) is 0 Å². The van der Waals surface area contributed by atoms with Gasteiger partial charge in [-0.2, -0.15) is 0 Å². The first-order chi connectivity index (χ1) is 10.1. The van der Waals surface area contributed by atoms with Gasteiger partial charge in [-0.3, -0.25) is 0 Å². The summed E-state index contributed by atoms with van der Waals surface area (Å²) in [5.74, 6) is 0. The number of ether oxygens (including phenoxy) is 2. The molecule has 0 radical (unpaired) electrons. The van der Waals surface area contributed by atoms with Gasteiger partial charge < -0.3 is 9.47 Å². The quantitative estimate of drug-likeness (QED) is 0.739. The molecule has 0 unspecified atom stereocenters. The number of rotatable bonds is 7. The highest BCUT2D eigenvalue weighted by molar-refractivity contribution is 5.22. The fraction of sp³-hybridized carbons (Fsp3) is 0.667. The third-order valence-electron chi connectivity index (χ3n) is 3.98. The van der Waals surface area contributed by atoms with Gasteiger partial charge in [0.1, 0.15) is 0 Å². The molecule has 2 rings (SSSR count). The lowest BCUT2D eigenvalue weighted by Gasteiger charge is -2.34. The molecule has 0 aliphatic carbocycles. The summed E-state index contributed by atoms with van der Waals surface area (Å²) in [6.45, 7) is 4.51. The van der Waals surface area contributed by atoms with Crippen LogP contribution >= 0.6 is 0 Å². The second-order valence-electron chi connectivity index (χ2n) is 6.06. The summed E-state index contributed by atoms with van der Waals surface area (Å²) in [7, 11) is 0. The second-order valence-corrected chi connectivity index (χ2v) is 6.06. The van der Waals surface area contributed by atoms with Gasteiger partial charge in [-0.1, -0.05) is 51.0 Å². The first kappa shape index (κ1) is 16.4. The molecule has 2 nitrogen and oxygen atoms in total. The molecule has 0 bridgehead atoms. The van der Waals surface area contributed by atoms with E-state index in [4.69, 9.17) is 9.47 Å². The Morgan fingerprint density at radius 2 is 1.57 bits per heavy atom. The van der Waals surface area contributed by atoms with Crippen molar-refractivity contribution >= 4 is 0 Å². The molecule has 0 atom stereocenters. The van der Waals surface area contributed by atoms with Gasteiger partial charge in [-0.25, -0.2) is 4.39 Å². The molecular formula is C18H27FO2. The second kappa shape index (κ2) is 7.90. The van der Waals surface area contributed by atoms with E-state index in [1.807, 2.05) is 6.92 Å². The van der Waals surface area contributed by atoms with Gasteiger partial charge in [0.25, 0.3) is 0 Å². The van der Waals surface area contributed by atoms with Crippen LogP contribution in [0.1, 0.15) is 50.7 Å². The van der Waals surface area contributed by atoms with E-state index < -0.39 is 5.67 Å². The first-order valence-corrected chi connectivity index (χ1v) is 8.15. The molecule has 1 aromatic carbocycles. The van der Waals surface area contributed by atoms with E-state index in [0.717, 1.165) is 25.7 Å². The summed E-state index contributed by atoms with van der Waals surface area (Å²) in [5, 5.41) is 0. The Hall–Kier alpha value is -0.930. The fourth-order valence-corrected chi connectivity index (χ4v) is 2.78. The van der Waals surface area contributed by atoms with E-state index in [1.54, 1.807) is 0 Å². The van der Waals surface area contributed by atoms with E-state index in [9.17, 15) is 4.39 Å². The minimum Gasteiger partial charge on any atom is -0.349 e. The molecule has 1 saturated heterocycles. The van der Waals surface area contributed by atoms with Gasteiger partial charge in [0.2, 0.25) is 0 Å². The van der Waals surface area contributed by atoms with Crippen LogP contribution < -0.4 is 0 Å². The van der Waals surface area contributed by atoms with Crippen molar-refractivity contribution in [1.82, 2.24) is 0 Å². The van der Waals surface area contributed by atoms with Gasteiger partial charge >= 0.3 is 0 Å². The Morgan fingerprint density at radius 1 is 1.00 bits per heavy atom. The van der Waals surface area contributed by atoms with Crippen molar-refractivity contribution < 1.29 is 13.9 Å². The van der Waals surface area contributed by atoms with E-state index in [1.165, 1.54) is 17.5 Å². The molecule has 0 N–H and O–H groups in total. The highest BCUT2D eigenvalue weighted by Gasteiger charge is 2.35. The van der Waals surface area contributed by atoms with Crippen LogP contribution in [-0.2, 0) is 22.3 Å². The van der Waals surface area contributed by atoms with Gasteiger partial charge in [-0.05, 0) is 30.4 Å². The summed E-state index contributed by atoms with van der Waals surface area (Å²) >= 11 is 0. The Morgan fingerprint density at radius 3 is 2.10 bits per heavy atom. The summed E-state index contributed by atoms with van der Waals surface area (Å²) in [6.07, 6.45) is 5.06. The van der Waals surface area contributed by atoms with E-state index >= 15 is 0 Å². The van der Waals surface area contributed by atoms with Crippen LogP contribution in [0.5, 0.6) is 0 Å². The largest absolute Gasteiger partial charge is 0.349 e. The van der Waals surface area contributed by atoms with Crippen molar-refractivity contribution in [1.29, 1.82) is 0 Å². The summed E-state index contributed by atoms with van der Waals surface area (Å²) in [6, 6.07) is 8.72. The predicted molar refractivity (Wildman–Crippen MR) is 83.2 cm³/mol. The van der Waals surface area contributed by atoms with E-state index in [2.05, 4.69) is 31.2 Å². The molecule has 1 aliphatic heterocycles. The van der Waals surface area contributed by atoms with Crippen LogP contribution in [0.2, 0.25) is 0 Å². The minimum atomic E-state index is -1.28. The third kappa shape index (κ3) is 5.08. The maximum atomic E-state index is 14.2. The Labute approximate surface area is 127 Å². The monoisotopic (exact) mass is 294 g/mol. The number of hydrogen-bond donors (Lipinski definition) is 0. The first-order valence-electron chi connectivity index (χ1n) is 8.15. The highest BCUT2D eigenvalue weighted by atomic mass is 19.1. The molecule has 1 heterocycles. The van der Waals surface area contributed by atoms with Crippen molar-refractivity contribution in [2.45, 2.75) is 64.3 Å². The highest BCUT2D eigenvalue weighted by Crippen LogP contribution is 2.26. The van der Waals surface area contributed by atoms with Crippen LogP contribution in [-0.4, -0.2) is 25.2 Å². The predicted octanol–water partition coefficient (Wildman–Crippen LogP) is 4.45. The van der Waals surface area contributed by atoms with Crippen LogP contribution in [0.3, 0.4) is 0 Å². The normalized spacial score (nSPS) is 26.0. The smallest absolute Gasteiger partial charge is 0.158 e. The molecule has 0 aromatic heterocycles. The molecule has 0 amide bonds. The minimum absolute atomic E-state index is 0.168. The molecule has 1 fully saturated rings. The molecule has 1 aliphatic rings. The number of benzene rings is 1. The number of aryl methyl sites for hydroxylation is 2. The van der Waals surface area contributed by atoms with Crippen LogP contribution in [0.4, 0.5) is 4.39 Å². The zero-order chi connectivity index (χ0) is 15.1. The van der Waals surface area contributed by atoms with Gasteiger partial charge in [0.15, 0.2) is 12.0 Å². The fourth-order valence-electron chi connectivity index (χ4n) is 2.78. The number of alkyl halides is 1. The Balaban J connectivity index is 1.74. The third-order valence-corrected chi connectivity index (χ3v) is 3.98. The van der Waals surface area contributed by atoms with Crippen molar-refractivity contribution in [2.75, 3.05) is 13.2 Å². The summed E-state index contributed by atoms with van der Waals surface area (Å²) in [5.41, 5.74) is 1.38. The molecule has 118 valence electrons. The standard InChI is InChI=1S/C18H27FO2/c1-3-5-15-6-8-16(9-7-15)10-11-17-20-13-18(19,12-4-2)14-21-17/h6-9,17H,3-5,10-14H2,1-2H3. The zero-order valence-electron chi connectivity index (χ0n) is 13.2. The summed E-state index contributed by atoms with van der Waals surface area (Å²) < 4.78 is 25.2. The molecular weight excluding hydrogens is 267 g/mol. The lowest BCUT2D eigenvalue weighted by molar-refractivity contribution is -0.236. The van der Waals surface area contributed by atoms with Crippen LogP contribution in [0, 0.1) is 0 Å². The average Bonchev–Trinajstić information content (AvgIpc) is 2.49. The Bertz CT molecular complexity index is 408. The topological polar surface area (TPSA) is 18.5 Å². The summed E-state index contributed by atoms with van der Waals surface area (Å²) in [4.78, 5) is 0. The van der Waals surface area contributed by atoms with Crippen LogP contribution in [0.15, 0.2) is 24.3 Å². The van der Waals surface area contributed by atoms with Crippen molar-refractivity contribution in [3.05, 3.63) is 35.4 Å². The molecule has 0 spiro atoms. The lowest BCUT2D eigenvalue weighted by atomic mass is 10.0. The van der Waals surface area contributed by atoms with E-state index in [-0.39, 0.29) is 19.5 Å². The Kier molecular flexibility index (Phi) is 6.19. The van der Waals surface area contributed by atoms with E-state index in [0.29, 0.717) is 6.42 Å². The van der Waals surface area contributed by atoms with Crippen LogP contribution in [0.25, 0.3) is 0 Å². The maximum absolute atomic E-state index is 14.2. The maximum Gasteiger partial charge on any atom is 0.158 e. The molecule has 3 heteroatoms. The number of hydrogen-bond acceptors (Lipinski definition) is 2. The molecule has 1 aromatic rings. The zero-order valence-corrected chi connectivity index (χ0v) is 13.2. The van der Waals surface area contributed by atoms with Gasteiger partial charge in [0, 0.05) is 6.42 Å². The molecule has 21 heavy (non-hydrogen) atoms. The molecule has 0 saturated carbocycles.